The van der Waals surface area contributed by atoms with Crippen molar-refractivity contribution in [3.8, 4) is 0 Å². The maximum atomic E-state index is 12.1. The van der Waals surface area contributed by atoms with Crippen LogP contribution in [-0.2, 0) is 10.0 Å². The predicted octanol–water partition coefficient (Wildman–Crippen LogP) is 1.11. The Morgan fingerprint density at radius 2 is 2.00 bits per heavy atom. The van der Waals surface area contributed by atoms with Crippen LogP contribution in [0.4, 0.5) is 5.13 Å². The Kier molecular flexibility index (Phi) is 2.64. The van der Waals surface area contributed by atoms with Gasteiger partial charge in [0.05, 0.1) is 15.9 Å². The second kappa shape index (κ2) is 4.21. The van der Waals surface area contributed by atoms with Gasteiger partial charge in [-0.1, -0.05) is 0 Å². The molecular weight excluding hydrogens is 288 g/mol. The minimum absolute atomic E-state index is 0.0606. The van der Waals surface area contributed by atoms with Crippen LogP contribution in [0.15, 0.2) is 39.5 Å². The number of aromatic nitrogens is 3. The van der Waals surface area contributed by atoms with Gasteiger partial charge in [-0.2, -0.15) is 0 Å². The zero-order valence-corrected chi connectivity index (χ0v) is 11.0. The Balaban J connectivity index is 2.05. The van der Waals surface area contributed by atoms with Gasteiger partial charge in [0.15, 0.2) is 5.13 Å². The van der Waals surface area contributed by atoms with E-state index in [2.05, 4.69) is 19.7 Å². The highest BCUT2D eigenvalue weighted by Gasteiger charge is 2.16. The average molecular weight is 296 g/mol. The molecule has 9 heteroatoms. The number of rotatable bonds is 3. The van der Waals surface area contributed by atoms with E-state index < -0.39 is 10.0 Å². The summed E-state index contributed by atoms with van der Waals surface area (Å²) in [7, 11) is -3.70. The molecule has 2 aromatic heterocycles. The highest BCUT2D eigenvalue weighted by Crippen LogP contribution is 2.19. The van der Waals surface area contributed by atoms with E-state index in [0.717, 1.165) is 0 Å². The van der Waals surface area contributed by atoms with Gasteiger partial charge in [0, 0.05) is 11.6 Å². The molecule has 0 unspecified atom stereocenters. The first-order valence-electron chi connectivity index (χ1n) is 5.19. The van der Waals surface area contributed by atoms with Gasteiger partial charge < -0.3 is 9.97 Å². The fraction of sp³-hybridized carbons (Fsp3) is 0. The van der Waals surface area contributed by atoms with E-state index in [0.29, 0.717) is 16.2 Å². The molecule has 0 fully saturated rings. The summed E-state index contributed by atoms with van der Waals surface area (Å²) in [4.78, 5) is 20.1. The van der Waals surface area contributed by atoms with E-state index in [1.807, 2.05) is 0 Å². The lowest BCUT2D eigenvalue weighted by Gasteiger charge is -2.04. The fourth-order valence-electron chi connectivity index (χ4n) is 1.63. The number of nitrogens with zero attached hydrogens (tertiary/aromatic N) is 1. The van der Waals surface area contributed by atoms with E-state index in [1.165, 1.54) is 35.7 Å². The largest absolute Gasteiger partial charge is 0.323 e. The van der Waals surface area contributed by atoms with E-state index in [4.69, 9.17) is 0 Å². The number of imidazole rings is 1. The van der Waals surface area contributed by atoms with Crippen LogP contribution in [0, 0.1) is 0 Å². The van der Waals surface area contributed by atoms with Crippen LogP contribution in [0.1, 0.15) is 0 Å². The van der Waals surface area contributed by atoms with E-state index in [1.54, 1.807) is 5.38 Å². The summed E-state index contributed by atoms with van der Waals surface area (Å²) in [5.41, 5.74) is 0.614. The quantitative estimate of drug-likeness (QED) is 0.673. The van der Waals surface area contributed by atoms with Crippen LogP contribution >= 0.6 is 11.3 Å². The molecule has 0 amide bonds. The number of aromatic amines is 2. The van der Waals surface area contributed by atoms with Crippen molar-refractivity contribution < 1.29 is 8.42 Å². The van der Waals surface area contributed by atoms with Crippen LogP contribution in [-0.4, -0.2) is 23.4 Å². The highest BCUT2D eigenvalue weighted by atomic mass is 32.2. The highest BCUT2D eigenvalue weighted by molar-refractivity contribution is 7.93. The number of hydrogen-bond donors (Lipinski definition) is 3. The first kappa shape index (κ1) is 11.9. The summed E-state index contributed by atoms with van der Waals surface area (Å²) in [6.07, 6.45) is 1.51. The molecule has 0 saturated heterocycles. The molecule has 0 bridgehead atoms. The number of hydrogen-bond acceptors (Lipinski definition) is 5. The van der Waals surface area contributed by atoms with Crippen LogP contribution < -0.4 is 10.4 Å². The molecule has 0 aliphatic carbocycles. The van der Waals surface area contributed by atoms with Gasteiger partial charge in [-0.3, -0.25) is 4.72 Å². The third-order valence-electron chi connectivity index (χ3n) is 2.45. The number of anilines is 1. The van der Waals surface area contributed by atoms with E-state index in [-0.39, 0.29) is 10.6 Å². The molecule has 0 aliphatic heterocycles. The summed E-state index contributed by atoms with van der Waals surface area (Å²) in [5, 5.41) is 1.97. The molecule has 0 aliphatic rings. The number of fused-ring (bicyclic) bond motifs is 1. The molecule has 3 aromatic rings. The molecule has 0 atom stereocenters. The van der Waals surface area contributed by atoms with Gasteiger partial charge in [0.1, 0.15) is 0 Å². The van der Waals surface area contributed by atoms with Gasteiger partial charge in [-0.15, -0.1) is 11.3 Å². The van der Waals surface area contributed by atoms with E-state index in [9.17, 15) is 13.2 Å². The lowest BCUT2D eigenvalue weighted by molar-refractivity contribution is 0.601. The van der Waals surface area contributed by atoms with Gasteiger partial charge in [-0.25, -0.2) is 18.2 Å². The molecule has 0 saturated carbocycles. The number of H-pyrrole nitrogens is 2. The Morgan fingerprint density at radius 1 is 1.21 bits per heavy atom. The van der Waals surface area contributed by atoms with Crippen LogP contribution in [0.2, 0.25) is 0 Å². The molecule has 3 rings (SSSR count). The second-order valence-electron chi connectivity index (χ2n) is 3.73. The average Bonchev–Trinajstić information content (AvgIpc) is 2.95. The standard InChI is InChI=1S/C10H8N4O3S2/c15-9-12-7-2-1-6(5-8(7)13-9)19(16,17)14-10-11-3-4-18-10/h1-5H,(H,11,14)(H2,12,13,15). The topological polar surface area (TPSA) is 108 Å². The molecule has 7 nitrogen and oxygen atoms in total. The van der Waals surface area contributed by atoms with Crippen molar-refractivity contribution in [1.29, 1.82) is 0 Å². The molecule has 1 aromatic carbocycles. The molecule has 19 heavy (non-hydrogen) atoms. The zero-order chi connectivity index (χ0) is 13.5. The summed E-state index contributed by atoms with van der Waals surface area (Å²) >= 11 is 1.19. The lowest BCUT2D eigenvalue weighted by atomic mass is 10.3. The number of sulfonamides is 1. The normalized spacial score (nSPS) is 11.8. The smallest absolute Gasteiger partial charge is 0.306 e. The van der Waals surface area contributed by atoms with Crippen molar-refractivity contribution in [3.05, 3.63) is 40.3 Å². The Labute approximate surface area is 111 Å². The van der Waals surface area contributed by atoms with Crippen molar-refractivity contribution in [3.63, 3.8) is 0 Å². The first-order chi connectivity index (χ1) is 9.04. The predicted molar refractivity (Wildman–Crippen MR) is 71.8 cm³/mol. The molecule has 0 radical (unpaired) electrons. The minimum Gasteiger partial charge on any atom is -0.306 e. The van der Waals surface area contributed by atoms with Gasteiger partial charge in [0.2, 0.25) is 0 Å². The van der Waals surface area contributed by atoms with Gasteiger partial charge >= 0.3 is 5.69 Å². The Morgan fingerprint density at radius 3 is 2.74 bits per heavy atom. The van der Waals surface area contributed by atoms with Crippen molar-refractivity contribution in [1.82, 2.24) is 15.0 Å². The van der Waals surface area contributed by atoms with Crippen LogP contribution in [0.3, 0.4) is 0 Å². The molecule has 2 heterocycles. The van der Waals surface area contributed by atoms with Crippen LogP contribution in [0.25, 0.3) is 11.0 Å². The Bertz CT molecular complexity index is 877. The maximum absolute atomic E-state index is 12.1. The Hall–Kier alpha value is -2.13. The lowest BCUT2D eigenvalue weighted by Crippen LogP contribution is -2.12. The summed E-state index contributed by atoms with van der Waals surface area (Å²) in [6.45, 7) is 0. The number of thiazole rings is 1. The fourth-order valence-corrected chi connectivity index (χ4v) is 3.44. The SMILES string of the molecule is O=c1[nH]c2ccc(S(=O)(=O)Nc3nccs3)cc2[nH]1. The minimum atomic E-state index is -3.70. The maximum Gasteiger partial charge on any atom is 0.323 e. The second-order valence-corrected chi connectivity index (χ2v) is 6.31. The van der Waals surface area contributed by atoms with Gasteiger partial charge in [0.25, 0.3) is 10.0 Å². The van der Waals surface area contributed by atoms with Crippen molar-refractivity contribution in [2.45, 2.75) is 4.90 Å². The summed E-state index contributed by atoms with van der Waals surface area (Å²) in [5.74, 6) is 0. The molecular formula is C10H8N4O3S2. The van der Waals surface area contributed by atoms with Crippen LogP contribution in [0.5, 0.6) is 0 Å². The molecule has 98 valence electrons. The first-order valence-corrected chi connectivity index (χ1v) is 7.55. The summed E-state index contributed by atoms with van der Waals surface area (Å²) < 4.78 is 26.6. The molecule has 0 spiro atoms. The van der Waals surface area contributed by atoms with Crippen molar-refractivity contribution in [2.24, 2.45) is 0 Å². The summed E-state index contributed by atoms with van der Waals surface area (Å²) in [6, 6.07) is 4.34. The van der Waals surface area contributed by atoms with E-state index >= 15 is 0 Å². The van der Waals surface area contributed by atoms with Crippen molar-refractivity contribution >= 4 is 37.5 Å². The van der Waals surface area contributed by atoms with Crippen molar-refractivity contribution in [2.75, 3.05) is 4.72 Å². The monoisotopic (exact) mass is 296 g/mol. The third-order valence-corrected chi connectivity index (χ3v) is 4.61. The number of nitrogens with one attached hydrogen (secondary N) is 3. The molecule has 3 N–H and O–H groups in total. The third kappa shape index (κ3) is 2.25. The van der Waals surface area contributed by atoms with Gasteiger partial charge in [-0.05, 0) is 18.2 Å². The zero-order valence-electron chi connectivity index (χ0n) is 9.38. The number of benzene rings is 1.